The smallest absolute Gasteiger partial charge is 0.358 e. The third kappa shape index (κ3) is 1.87. The number of carbonyl (C=O) groups excluding carboxylic acids is 1. The average molecular weight is 182 g/mol. The van der Waals surface area contributed by atoms with Gasteiger partial charge in [0.2, 0.25) is 0 Å². The molecule has 0 unspecified atom stereocenters. The summed E-state index contributed by atoms with van der Waals surface area (Å²) in [6.45, 7) is 0. The second-order valence-corrected chi connectivity index (χ2v) is 2.30. The maximum Gasteiger partial charge on any atom is 0.358 e. The summed E-state index contributed by atoms with van der Waals surface area (Å²) < 4.78 is 9.34. The van der Waals surface area contributed by atoms with Crippen molar-refractivity contribution >= 4 is 11.7 Å². The van der Waals surface area contributed by atoms with Crippen molar-refractivity contribution in [3.63, 3.8) is 0 Å². The molecule has 1 aromatic heterocycles. The quantitative estimate of drug-likeness (QED) is 0.672. The first-order valence-corrected chi connectivity index (χ1v) is 3.57. The number of ether oxygens (including phenoxy) is 2. The van der Waals surface area contributed by atoms with Gasteiger partial charge in [-0.1, -0.05) is 0 Å². The van der Waals surface area contributed by atoms with Gasteiger partial charge < -0.3 is 15.2 Å². The van der Waals surface area contributed by atoms with Crippen LogP contribution in [0.4, 0.5) is 5.69 Å². The average Bonchev–Trinajstić information content (AvgIpc) is 2.16. The number of rotatable bonds is 2. The number of anilines is 1. The molecule has 0 aliphatic rings. The molecule has 2 N–H and O–H groups in total. The molecule has 1 rings (SSSR count). The van der Waals surface area contributed by atoms with Gasteiger partial charge in [0.15, 0.2) is 5.69 Å². The van der Waals surface area contributed by atoms with Crippen LogP contribution in [0.15, 0.2) is 12.3 Å². The first-order valence-electron chi connectivity index (χ1n) is 3.57. The fourth-order valence-electron chi connectivity index (χ4n) is 0.840. The van der Waals surface area contributed by atoms with Gasteiger partial charge in [0.05, 0.1) is 26.1 Å². The molecule has 0 spiro atoms. The number of nitrogen functional groups attached to an aromatic ring is 1. The van der Waals surface area contributed by atoms with Crippen LogP contribution in [0, 0.1) is 0 Å². The number of methoxy groups -OCH3 is 2. The lowest BCUT2D eigenvalue weighted by Crippen LogP contribution is -2.08. The van der Waals surface area contributed by atoms with Crippen LogP contribution in [0.5, 0.6) is 5.75 Å². The van der Waals surface area contributed by atoms with E-state index < -0.39 is 5.97 Å². The van der Waals surface area contributed by atoms with Gasteiger partial charge in [-0.2, -0.15) is 0 Å². The number of hydrogen-bond donors (Lipinski definition) is 1. The largest absolute Gasteiger partial charge is 0.495 e. The third-order valence-corrected chi connectivity index (χ3v) is 1.51. The Kier molecular flexibility index (Phi) is 2.69. The standard InChI is InChI=1S/C8H10N2O3/c1-12-5-3-6(9)7(10-4-5)8(11)13-2/h3-4H,9H2,1-2H3. The molecule has 0 radical (unpaired) electrons. The molecule has 0 saturated carbocycles. The Balaban J connectivity index is 3.05. The van der Waals surface area contributed by atoms with Gasteiger partial charge in [-0.15, -0.1) is 0 Å². The van der Waals surface area contributed by atoms with Gasteiger partial charge >= 0.3 is 5.97 Å². The molecular formula is C8H10N2O3. The first-order chi connectivity index (χ1) is 6.19. The highest BCUT2D eigenvalue weighted by Crippen LogP contribution is 2.16. The zero-order valence-corrected chi connectivity index (χ0v) is 7.40. The van der Waals surface area contributed by atoms with Crippen molar-refractivity contribution in [1.29, 1.82) is 0 Å². The predicted octanol–water partition coefficient (Wildman–Crippen LogP) is 0.459. The van der Waals surface area contributed by atoms with Crippen molar-refractivity contribution < 1.29 is 14.3 Å². The van der Waals surface area contributed by atoms with Crippen LogP contribution in [0.2, 0.25) is 0 Å². The normalized spacial score (nSPS) is 9.38. The van der Waals surface area contributed by atoms with Crippen molar-refractivity contribution in [2.45, 2.75) is 0 Å². The number of aromatic nitrogens is 1. The minimum atomic E-state index is -0.555. The molecule has 1 aromatic rings. The van der Waals surface area contributed by atoms with E-state index in [1.54, 1.807) is 0 Å². The van der Waals surface area contributed by atoms with Gasteiger partial charge in [0, 0.05) is 6.07 Å². The van der Waals surface area contributed by atoms with Crippen LogP contribution < -0.4 is 10.5 Å². The highest BCUT2D eigenvalue weighted by molar-refractivity contribution is 5.92. The van der Waals surface area contributed by atoms with Crippen molar-refractivity contribution in [1.82, 2.24) is 4.98 Å². The summed E-state index contributed by atoms with van der Waals surface area (Å²) in [4.78, 5) is 14.8. The van der Waals surface area contributed by atoms with Gasteiger partial charge in [-0.3, -0.25) is 0 Å². The Morgan fingerprint density at radius 1 is 1.54 bits per heavy atom. The zero-order valence-electron chi connectivity index (χ0n) is 7.40. The van der Waals surface area contributed by atoms with E-state index in [2.05, 4.69) is 9.72 Å². The van der Waals surface area contributed by atoms with Crippen LogP contribution in [0.1, 0.15) is 10.5 Å². The first kappa shape index (κ1) is 9.31. The molecule has 0 bridgehead atoms. The maximum absolute atomic E-state index is 11.0. The minimum absolute atomic E-state index is 0.100. The number of nitrogens with two attached hydrogens (primary N) is 1. The minimum Gasteiger partial charge on any atom is -0.495 e. The molecule has 0 atom stereocenters. The van der Waals surface area contributed by atoms with E-state index in [1.165, 1.54) is 26.5 Å². The van der Waals surface area contributed by atoms with Gasteiger partial charge in [0.25, 0.3) is 0 Å². The van der Waals surface area contributed by atoms with Crippen LogP contribution >= 0.6 is 0 Å². The Hall–Kier alpha value is -1.78. The van der Waals surface area contributed by atoms with Gasteiger partial charge in [0.1, 0.15) is 5.75 Å². The molecule has 0 fully saturated rings. The lowest BCUT2D eigenvalue weighted by Gasteiger charge is -2.04. The van der Waals surface area contributed by atoms with Crippen molar-refractivity contribution in [3.8, 4) is 5.75 Å². The molecule has 70 valence electrons. The fourth-order valence-corrected chi connectivity index (χ4v) is 0.840. The van der Waals surface area contributed by atoms with Crippen molar-refractivity contribution in [2.24, 2.45) is 0 Å². The molecule has 0 aliphatic heterocycles. The molecular weight excluding hydrogens is 172 g/mol. The Labute approximate surface area is 75.5 Å². The topological polar surface area (TPSA) is 74.4 Å². The molecule has 0 amide bonds. The van der Waals surface area contributed by atoms with E-state index in [1.807, 2.05) is 0 Å². The summed E-state index contributed by atoms with van der Waals surface area (Å²) in [5.41, 5.74) is 5.87. The lowest BCUT2D eigenvalue weighted by molar-refractivity contribution is 0.0595. The van der Waals surface area contributed by atoms with Gasteiger partial charge in [-0.05, 0) is 0 Å². The third-order valence-electron chi connectivity index (χ3n) is 1.51. The summed E-state index contributed by atoms with van der Waals surface area (Å²) in [5.74, 6) is -0.0506. The summed E-state index contributed by atoms with van der Waals surface area (Å²) in [5, 5.41) is 0. The van der Waals surface area contributed by atoms with Crippen LogP contribution in [0.25, 0.3) is 0 Å². The molecule has 13 heavy (non-hydrogen) atoms. The lowest BCUT2D eigenvalue weighted by atomic mass is 10.3. The van der Waals surface area contributed by atoms with Crippen LogP contribution in [-0.2, 0) is 4.74 Å². The van der Waals surface area contributed by atoms with Crippen LogP contribution in [-0.4, -0.2) is 25.2 Å². The Morgan fingerprint density at radius 2 is 2.23 bits per heavy atom. The summed E-state index contributed by atoms with van der Waals surface area (Å²) in [6, 6.07) is 1.51. The van der Waals surface area contributed by atoms with E-state index in [4.69, 9.17) is 10.5 Å². The number of hydrogen-bond acceptors (Lipinski definition) is 5. The number of pyridine rings is 1. The number of nitrogens with zero attached hydrogens (tertiary/aromatic N) is 1. The SMILES string of the molecule is COC(=O)c1ncc(OC)cc1N. The van der Waals surface area contributed by atoms with E-state index in [-0.39, 0.29) is 11.4 Å². The Bertz CT molecular complexity index is 325. The molecule has 0 aromatic carbocycles. The van der Waals surface area contributed by atoms with Gasteiger partial charge in [-0.25, -0.2) is 9.78 Å². The molecule has 5 heteroatoms. The molecule has 5 nitrogen and oxygen atoms in total. The van der Waals surface area contributed by atoms with E-state index in [0.717, 1.165) is 0 Å². The maximum atomic E-state index is 11.0. The van der Waals surface area contributed by atoms with Crippen LogP contribution in [0.3, 0.4) is 0 Å². The highest BCUT2D eigenvalue weighted by atomic mass is 16.5. The summed E-state index contributed by atoms with van der Waals surface area (Å²) >= 11 is 0. The molecule has 0 saturated heterocycles. The summed E-state index contributed by atoms with van der Waals surface area (Å²) in [7, 11) is 2.77. The molecule has 1 heterocycles. The molecule has 0 aliphatic carbocycles. The second kappa shape index (κ2) is 3.75. The Morgan fingerprint density at radius 3 is 2.69 bits per heavy atom. The van der Waals surface area contributed by atoms with Crippen molar-refractivity contribution in [3.05, 3.63) is 18.0 Å². The number of carbonyl (C=O) groups is 1. The fraction of sp³-hybridized carbons (Fsp3) is 0.250. The summed E-state index contributed by atoms with van der Waals surface area (Å²) in [6.07, 6.45) is 1.41. The highest BCUT2D eigenvalue weighted by Gasteiger charge is 2.11. The van der Waals surface area contributed by atoms with E-state index >= 15 is 0 Å². The van der Waals surface area contributed by atoms with Crippen molar-refractivity contribution in [2.75, 3.05) is 20.0 Å². The zero-order chi connectivity index (χ0) is 9.84. The predicted molar refractivity (Wildman–Crippen MR) is 46.5 cm³/mol. The van der Waals surface area contributed by atoms with E-state index in [9.17, 15) is 4.79 Å². The second-order valence-electron chi connectivity index (χ2n) is 2.30. The monoisotopic (exact) mass is 182 g/mol. The number of esters is 1. The van der Waals surface area contributed by atoms with E-state index in [0.29, 0.717) is 5.75 Å².